The quantitative estimate of drug-likeness (QED) is 0.0153. The Kier molecular flexibility index (Phi) is 42.7. The number of nitrogens with zero attached hydrogens (tertiary/aromatic N) is 2. The first-order chi connectivity index (χ1) is 50.9. The van der Waals surface area contributed by atoms with Crippen LogP contribution in [0.3, 0.4) is 0 Å². The first-order valence-electron chi connectivity index (χ1n) is 34.7. The molecular weight excluding hydrogens is 1450 g/mol. The van der Waals surface area contributed by atoms with Crippen LogP contribution in [0.1, 0.15) is 144 Å². The van der Waals surface area contributed by atoms with E-state index >= 15 is 0 Å². The summed E-state index contributed by atoms with van der Waals surface area (Å²) in [5, 5.41) is 74.7. The van der Waals surface area contributed by atoms with Crippen molar-refractivity contribution in [2.45, 2.75) is 222 Å². The molecule has 0 aromatic heterocycles. The highest BCUT2D eigenvalue weighted by Gasteiger charge is 2.42. The van der Waals surface area contributed by atoms with Gasteiger partial charge in [0.15, 0.2) is 5.96 Å². The standard InChI is InChI=1S/C63H105N21O25/c1-28(2)20-31(65)51(97)78-38(23-45(68)88)57(103)79-36(21-29(3)4)56(102)76-34(13-15-43(66)86)55(101)75-33(10-6-7-17-64)54(100)80-39(24-48(92)93)58(104)77-35(14-16-47(90)91)61(107)84-19-9-12-42(84)60(106)81-37(22-44(67)87)52(98)72-26-46(89)74-32(11-8-18-71-63(69)70)53(99)73-30(5)50(96)83-41(27-85)59(105)82-40(62(108)109)25-49(94)95/h28-42,85H,6-27,64-65H2,1-5H3,(H2,66,86)(H2,67,87)(H2,68,88)(H,72,98)(H,73,99)(H,74,89)(H,75,101)(H,76,102)(H,77,104)(H,78,97)(H,79,103)(H,80,100)(H,81,106)(H,82,105)(H,83,96)(H,90,91)(H,92,93)(H,94,95)(H,108,109)(H4,69,70,71)/t30-,31-,32-,33-,34-,35-,36-,37-,38-,39-,40-,41-,42-/m0/s1. The van der Waals surface area contributed by atoms with E-state index in [0.29, 0.717) is 0 Å². The number of hydrogen-bond acceptors (Lipinski definition) is 24. The van der Waals surface area contributed by atoms with E-state index < -0.39 is 261 Å². The van der Waals surface area contributed by atoms with E-state index in [1.165, 1.54) is 0 Å². The normalized spacial score (nSPS) is 15.7. The Hall–Kier alpha value is -11.4. The number of carbonyl (C=O) groups is 20. The van der Waals surface area contributed by atoms with Gasteiger partial charge in [-0.1, -0.05) is 27.7 Å². The van der Waals surface area contributed by atoms with Crippen molar-refractivity contribution in [2.75, 3.05) is 32.8 Å². The SMILES string of the molecule is CC(C)C[C@H](NC(=O)[C@H](CC(N)=O)NC(=O)[C@@H](N)CC(C)C)C(=O)N[C@@H](CCC(N)=O)C(=O)N[C@@H](CCCCN)C(=O)N[C@@H](CC(=O)O)C(=O)N[C@@H](CCC(=O)O)C(=O)N1CCC[C@H]1C(=O)N[C@@H](CC(N)=O)C(=O)NCC(=O)N[C@@H](CCCN=C(N)N)C(=O)N[C@@H](C)C(=O)N[C@@H](CO)C(=O)N[C@@H](CC(=O)O)C(=O)O. The van der Waals surface area contributed by atoms with Gasteiger partial charge < -0.3 is 134 Å². The van der Waals surface area contributed by atoms with Crippen molar-refractivity contribution in [2.24, 2.45) is 57.0 Å². The predicted molar refractivity (Wildman–Crippen MR) is 377 cm³/mol. The van der Waals surface area contributed by atoms with E-state index in [1.807, 2.05) is 5.32 Å². The minimum absolute atomic E-state index is 0.0170. The van der Waals surface area contributed by atoms with Crippen molar-refractivity contribution < 1.29 is 121 Å². The third-order valence-corrected chi connectivity index (χ3v) is 16.1. The maximum atomic E-state index is 14.5. The number of carboxylic acids is 4. The third-order valence-electron chi connectivity index (χ3n) is 16.1. The van der Waals surface area contributed by atoms with E-state index in [-0.39, 0.29) is 95.2 Å². The Morgan fingerprint density at radius 3 is 1.39 bits per heavy atom. The van der Waals surface area contributed by atoms with Gasteiger partial charge in [0, 0.05) is 25.9 Å². The lowest BCUT2D eigenvalue weighted by molar-refractivity contribution is -0.147. The molecule has 0 unspecified atom stereocenters. The lowest BCUT2D eigenvalue weighted by Gasteiger charge is -2.30. The van der Waals surface area contributed by atoms with Crippen molar-refractivity contribution in [1.82, 2.24) is 68.7 Å². The van der Waals surface area contributed by atoms with Crippen LogP contribution in [0, 0.1) is 11.8 Å². The van der Waals surface area contributed by atoms with Gasteiger partial charge in [0.1, 0.15) is 72.5 Å². The average Bonchev–Trinajstić information content (AvgIpc) is 1.73. The Labute approximate surface area is 624 Å². The second-order valence-electron chi connectivity index (χ2n) is 26.4. The van der Waals surface area contributed by atoms with E-state index in [2.05, 4.69) is 63.5 Å². The van der Waals surface area contributed by atoms with Crippen molar-refractivity contribution in [3.05, 3.63) is 0 Å². The summed E-state index contributed by atoms with van der Waals surface area (Å²) in [7, 11) is 0. The van der Waals surface area contributed by atoms with Crippen LogP contribution in [0.2, 0.25) is 0 Å². The number of amides is 16. The summed E-state index contributed by atoms with van der Waals surface area (Å²) in [6.07, 6.45) is -7.02. The van der Waals surface area contributed by atoms with Crippen LogP contribution in [0.4, 0.5) is 0 Å². The van der Waals surface area contributed by atoms with Gasteiger partial charge >= 0.3 is 23.9 Å². The van der Waals surface area contributed by atoms with Crippen LogP contribution in [-0.2, 0) is 95.9 Å². The number of aliphatic hydroxyl groups excluding tert-OH is 1. The van der Waals surface area contributed by atoms with Gasteiger partial charge in [0.05, 0.1) is 44.9 Å². The maximum absolute atomic E-state index is 14.5. The first kappa shape index (κ1) is 95.6. The van der Waals surface area contributed by atoms with Gasteiger partial charge in [-0.25, -0.2) is 4.79 Å². The van der Waals surface area contributed by atoms with Crippen LogP contribution in [-0.4, -0.2) is 266 Å². The largest absolute Gasteiger partial charge is 0.481 e. The molecule has 16 amide bonds. The lowest BCUT2D eigenvalue weighted by atomic mass is 10.0. The fraction of sp³-hybridized carbons (Fsp3) is 0.667. The van der Waals surface area contributed by atoms with Gasteiger partial charge in [-0.15, -0.1) is 0 Å². The molecule has 46 nitrogen and oxygen atoms in total. The molecular formula is C63H105N21O25. The van der Waals surface area contributed by atoms with Crippen molar-refractivity contribution in [3.63, 3.8) is 0 Å². The molecule has 0 radical (unpaired) electrons. The number of hydrogen-bond donors (Lipinski definition) is 24. The van der Waals surface area contributed by atoms with Gasteiger partial charge in [-0.3, -0.25) is 96.1 Å². The molecule has 0 bridgehead atoms. The average molecular weight is 1560 g/mol. The molecule has 0 saturated carbocycles. The molecule has 1 aliphatic rings. The summed E-state index contributed by atoms with van der Waals surface area (Å²) in [6.45, 7) is 5.53. The molecule has 46 heteroatoms. The van der Waals surface area contributed by atoms with Crippen LogP contribution >= 0.6 is 0 Å². The smallest absolute Gasteiger partial charge is 0.326 e. The van der Waals surface area contributed by atoms with E-state index in [4.69, 9.17) is 45.2 Å². The van der Waals surface area contributed by atoms with Crippen LogP contribution in [0.5, 0.6) is 0 Å². The van der Waals surface area contributed by atoms with Gasteiger partial charge in [-0.2, -0.15) is 0 Å². The second-order valence-corrected chi connectivity index (χ2v) is 26.4. The molecule has 1 fully saturated rings. The number of aliphatic carboxylic acids is 4. The topological polar surface area (TPSA) is 785 Å². The molecule has 0 aromatic rings. The van der Waals surface area contributed by atoms with Crippen molar-refractivity contribution >= 4 is 124 Å². The van der Waals surface area contributed by atoms with Gasteiger partial charge in [0.25, 0.3) is 0 Å². The molecule has 0 aromatic carbocycles. The zero-order valence-corrected chi connectivity index (χ0v) is 61.1. The lowest BCUT2D eigenvalue weighted by Crippen LogP contribution is -2.61. The van der Waals surface area contributed by atoms with E-state index in [9.17, 15) is 116 Å². The van der Waals surface area contributed by atoms with Gasteiger partial charge in [0.2, 0.25) is 94.5 Å². The number of aliphatic imine (C=N–C) groups is 1. The maximum Gasteiger partial charge on any atom is 0.326 e. The summed E-state index contributed by atoms with van der Waals surface area (Å²) >= 11 is 0. The van der Waals surface area contributed by atoms with Crippen molar-refractivity contribution in [3.8, 4) is 0 Å². The molecule has 1 rings (SSSR count). The monoisotopic (exact) mass is 1560 g/mol. The van der Waals surface area contributed by atoms with Crippen molar-refractivity contribution in [1.29, 1.82) is 0 Å². The number of primary amides is 3. The number of carbonyl (C=O) groups excluding carboxylic acids is 16. The minimum atomic E-state index is -2.14. The molecule has 109 heavy (non-hydrogen) atoms. The van der Waals surface area contributed by atoms with Crippen LogP contribution in [0.25, 0.3) is 0 Å². The Morgan fingerprint density at radius 1 is 0.440 bits per heavy atom. The van der Waals surface area contributed by atoms with E-state index in [0.717, 1.165) is 11.8 Å². The van der Waals surface area contributed by atoms with Crippen LogP contribution in [0.15, 0.2) is 4.99 Å². The predicted octanol–water partition coefficient (Wildman–Crippen LogP) is -11.0. The highest BCUT2D eigenvalue weighted by atomic mass is 16.4. The third kappa shape index (κ3) is 37.6. The molecule has 612 valence electrons. The first-order valence-corrected chi connectivity index (χ1v) is 34.7. The molecule has 0 aliphatic carbocycles. The number of unbranched alkanes of at least 4 members (excludes halogenated alkanes) is 1. The Balaban J connectivity index is 3.54. The zero-order chi connectivity index (χ0) is 83.1. The second kappa shape index (κ2) is 48.7. The van der Waals surface area contributed by atoms with Gasteiger partial charge in [-0.05, 0) is 95.9 Å². The fourth-order valence-corrected chi connectivity index (χ4v) is 10.6. The molecule has 31 N–H and O–H groups in total. The minimum Gasteiger partial charge on any atom is -0.481 e. The summed E-state index contributed by atoms with van der Waals surface area (Å²) < 4.78 is 0. The summed E-state index contributed by atoms with van der Waals surface area (Å²) in [6, 6.07) is -22.2. The number of rotatable bonds is 53. The Morgan fingerprint density at radius 2 is 0.881 bits per heavy atom. The fourth-order valence-electron chi connectivity index (χ4n) is 10.6. The summed E-state index contributed by atoms with van der Waals surface area (Å²) in [4.78, 5) is 267. The Bertz CT molecular complexity index is 3300. The highest BCUT2D eigenvalue weighted by Crippen LogP contribution is 2.21. The molecule has 13 atom stereocenters. The van der Waals surface area contributed by atoms with Crippen LogP contribution < -0.4 is 104 Å². The number of nitrogens with one attached hydrogen (secondary N) is 12. The highest BCUT2D eigenvalue weighted by molar-refractivity contribution is 6.01. The zero-order valence-electron chi connectivity index (χ0n) is 61.1. The number of aliphatic hydroxyl groups is 1. The number of nitrogens with two attached hydrogens (primary N) is 7. The summed E-state index contributed by atoms with van der Waals surface area (Å²) in [5.41, 5.74) is 38.7. The molecule has 1 saturated heterocycles. The molecule has 0 spiro atoms. The van der Waals surface area contributed by atoms with E-state index in [1.54, 1.807) is 27.7 Å². The number of carboxylic acid groups (broad SMARTS) is 4. The summed E-state index contributed by atoms with van der Waals surface area (Å²) in [5.74, 6) is -25.4. The number of guanidine groups is 1. The molecule has 1 heterocycles. The molecule has 1 aliphatic heterocycles. The number of likely N-dealkylation sites (tertiary alicyclic amines) is 1.